The van der Waals surface area contributed by atoms with Crippen LogP contribution < -0.4 is 9.47 Å². The zero-order valence-electron chi connectivity index (χ0n) is 10.3. The molecular weight excluding hydrogens is 250 g/mol. The SMILES string of the molecule is COc1cc(C)ccc1OCc1cccc(Cl)n1. The van der Waals surface area contributed by atoms with Gasteiger partial charge in [0.1, 0.15) is 11.8 Å². The maximum atomic E-state index is 5.81. The Morgan fingerprint density at radius 2 is 2.00 bits per heavy atom. The molecule has 0 aliphatic heterocycles. The summed E-state index contributed by atoms with van der Waals surface area (Å²) in [4.78, 5) is 4.16. The first-order valence-corrected chi connectivity index (χ1v) is 5.95. The topological polar surface area (TPSA) is 31.4 Å². The van der Waals surface area contributed by atoms with Crippen molar-refractivity contribution in [1.29, 1.82) is 0 Å². The summed E-state index contributed by atoms with van der Waals surface area (Å²) in [6, 6.07) is 11.2. The zero-order chi connectivity index (χ0) is 13.0. The first-order chi connectivity index (χ1) is 8.69. The van der Waals surface area contributed by atoms with E-state index in [0.717, 1.165) is 17.0 Å². The van der Waals surface area contributed by atoms with Gasteiger partial charge in [0.15, 0.2) is 11.5 Å². The van der Waals surface area contributed by atoms with Crippen molar-refractivity contribution in [2.24, 2.45) is 0 Å². The van der Waals surface area contributed by atoms with Crippen LogP contribution in [0.3, 0.4) is 0 Å². The minimum atomic E-state index is 0.361. The lowest BCUT2D eigenvalue weighted by molar-refractivity contribution is 0.280. The third kappa shape index (κ3) is 3.14. The third-order valence-corrected chi connectivity index (χ3v) is 2.68. The van der Waals surface area contributed by atoms with Crippen LogP contribution in [0.1, 0.15) is 11.3 Å². The van der Waals surface area contributed by atoms with E-state index in [9.17, 15) is 0 Å². The minimum Gasteiger partial charge on any atom is -0.493 e. The van der Waals surface area contributed by atoms with Gasteiger partial charge in [0.2, 0.25) is 0 Å². The van der Waals surface area contributed by atoms with Crippen molar-refractivity contribution in [2.75, 3.05) is 7.11 Å². The highest BCUT2D eigenvalue weighted by molar-refractivity contribution is 6.29. The van der Waals surface area contributed by atoms with Crippen molar-refractivity contribution in [3.63, 3.8) is 0 Å². The Bertz CT molecular complexity index is 543. The summed E-state index contributed by atoms with van der Waals surface area (Å²) in [5.41, 5.74) is 1.91. The van der Waals surface area contributed by atoms with E-state index in [0.29, 0.717) is 17.5 Å². The summed E-state index contributed by atoms with van der Waals surface area (Å²) >= 11 is 5.81. The Kier molecular flexibility index (Phi) is 4.05. The quantitative estimate of drug-likeness (QED) is 0.790. The number of rotatable bonds is 4. The van der Waals surface area contributed by atoms with Crippen LogP contribution in [0.4, 0.5) is 0 Å². The van der Waals surface area contributed by atoms with Crippen molar-refractivity contribution in [3.05, 3.63) is 52.8 Å². The number of aromatic nitrogens is 1. The van der Waals surface area contributed by atoms with Gasteiger partial charge < -0.3 is 9.47 Å². The van der Waals surface area contributed by atoms with Crippen molar-refractivity contribution < 1.29 is 9.47 Å². The zero-order valence-corrected chi connectivity index (χ0v) is 11.1. The molecule has 0 saturated heterocycles. The number of aryl methyl sites for hydroxylation is 1. The molecule has 1 heterocycles. The predicted molar refractivity (Wildman–Crippen MR) is 71.3 cm³/mol. The van der Waals surface area contributed by atoms with E-state index >= 15 is 0 Å². The molecule has 1 aromatic heterocycles. The average molecular weight is 264 g/mol. The van der Waals surface area contributed by atoms with Gasteiger partial charge in [0.25, 0.3) is 0 Å². The fraction of sp³-hybridized carbons (Fsp3) is 0.214. The number of benzene rings is 1. The Labute approximate surface area is 111 Å². The molecule has 0 amide bonds. The molecular formula is C14H14ClNO2. The van der Waals surface area contributed by atoms with E-state index in [1.165, 1.54) is 0 Å². The number of hydrogen-bond acceptors (Lipinski definition) is 3. The van der Waals surface area contributed by atoms with Crippen molar-refractivity contribution in [2.45, 2.75) is 13.5 Å². The molecule has 0 fully saturated rings. The fourth-order valence-corrected chi connectivity index (χ4v) is 1.76. The molecule has 3 nitrogen and oxygen atoms in total. The number of ether oxygens (including phenoxy) is 2. The Morgan fingerprint density at radius 3 is 2.72 bits per heavy atom. The van der Waals surface area contributed by atoms with Crippen LogP contribution in [0, 0.1) is 6.92 Å². The second-order valence-corrected chi connectivity index (χ2v) is 4.28. The van der Waals surface area contributed by atoms with Crippen molar-refractivity contribution in [3.8, 4) is 11.5 Å². The smallest absolute Gasteiger partial charge is 0.161 e. The summed E-state index contributed by atoms with van der Waals surface area (Å²) in [5, 5.41) is 0.465. The molecule has 2 rings (SSSR count). The van der Waals surface area contributed by atoms with Gasteiger partial charge in [0, 0.05) is 0 Å². The van der Waals surface area contributed by atoms with Crippen LogP contribution in [0.5, 0.6) is 11.5 Å². The van der Waals surface area contributed by atoms with Crippen LogP contribution in [0.25, 0.3) is 0 Å². The maximum absolute atomic E-state index is 5.81. The monoisotopic (exact) mass is 263 g/mol. The highest BCUT2D eigenvalue weighted by Gasteiger charge is 2.05. The molecule has 0 N–H and O–H groups in total. The molecule has 2 aromatic rings. The molecule has 0 spiro atoms. The molecule has 4 heteroatoms. The number of pyridine rings is 1. The molecule has 0 saturated carbocycles. The molecule has 0 aliphatic carbocycles. The number of hydrogen-bond donors (Lipinski definition) is 0. The largest absolute Gasteiger partial charge is 0.493 e. The number of halogens is 1. The Hall–Kier alpha value is -1.74. The molecule has 0 aliphatic rings. The predicted octanol–water partition coefficient (Wildman–Crippen LogP) is 3.63. The van der Waals surface area contributed by atoms with E-state index in [2.05, 4.69) is 4.98 Å². The van der Waals surface area contributed by atoms with Crippen LogP contribution in [0.2, 0.25) is 5.15 Å². The van der Waals surface area contributed by atoms with Crippen LogP contribution >= 0.6 is 11.6 Å². The van der Waals surface area contributed by atoms with Gasteiger partial charge in [-0.05, 0) is 36.8 Å². The summed E-state index contributed by atoms with van der Waals surface area (Å²) in [5.74, 6) is 1.42. The van der Waals surface area contributed by atoms with E-state index in [1.54, 1.807) is 13.2 Å². The third-order valence-electron chi connectivity index (χ3n) is 2.47. The van der Waals surface area contributed by atoms with E-state index in [4.69, 9.17) is 21.1 Å². The van der Waals surface area contributed by atoms with Crippen molar-refractivity contribution in [1.82, 2.24) is 4.98 Å². The first kappa shape index (κ1) is 12.7. The maximum Gasteiger partial charge on any atom is 0.161 e. The van der Waals surface area contributed by atoms with Gasteiger partial charge >= 0.3 is 0 Å². The standard InChI is InChI=1S/C14H14ClNO2/c1-10-6-7-12(13(8-10)17-2)18-9-11-4-3-5-14(15)16-11/h3-8H,9H2,1-2H3. The second-order valence-electron chi connectivity index (χ2n) is 3.89. The van der Waals surface area contributed by atoms with Gasteiger partial charge in [-0.25, -0.2) is 4.98 Å². The van der Waals surface area contributed by atoms with Gasteiger partial charge in [-0.3, -0.25) is 0 Å². The lowest BCUT2D eigenvalue weighted by Gasteiger charge is -2.11. The van der Waals surface area contributed by atoms with Crippen LogP contribution in [0.15, 0.2) is 36.4 Å². The molecule has 0 unspecified atom stereocenters. The molecule has 0 radical (unpaired) electrons. The first-order valence-electron chi connectivity index (χ1n) is 5.58. The molecule has 1 aromatic carbocycles. The normalized spacial score (nSPS) is 10.2. The average Bonchev–Trinajstić information content (AvgIpc) is 2.37. The number of methoxy groups -OCH3 is 1. The fourth-order valence-electron chi connectivity index (χ4n) is 1.58. The lowest BCUT2D eigenvalue weighted by atomic mass is 10.2. The minimum absolute atomic E-state index is 0.361. The highest BCUT2D eigenvalue weighted by atomic mass is 35.5. The lowest BCUT2D eigenvalue weighted by Crippen LogP contribution is -2.00. The summed E-state index contributed by atoms with van der Waals surface area (Å²) < 4.78 is 10.9. The van der Waals surface area contributed by atoms with Gasteiger partial charge in [-0.15, -0.1) is 0 Å². The molecule has 18 heavy (non-hydrogen) atoms. The summed E-state index contributed by atoms with van der Waals surface area (Å²) in [6.45, 7) is 2.37. The van der Waals surface area contributed by atoms with E-state index in [-0.39, 0.29) is 0 Å². The van der Waals surface area contributed by atoms with Crippen LogP contribution in [-0.4, -0.2) is 12.1 Å². The van der Waals surface area contributed by atoms with E-state index < -0.39 is 0 Å². The van der Waals surface area contributed by atoms with Gasteiger partial charge in [-0.1, -0.05) is 23.7 Å². The van der Waals surface area contributed by atoms with Gasteiger partial charge in [0.05, 0.1) is 12.8 Å². The second kappa shape index (κ2) is 5.74. The molecule has 94 valence electrons. The molecule has 0 bridgehead atoms. The van der Waals surface area contributed by atoms with E-state index in [1.807, 2.05) is 37.3 Å². The van der Waals surface area contributed by atoms with Gasteiger partial charge in [-0.2, -0.15) is 0 Å². The molecule has 0 atom stereocenters. The highest BCUT2D eigenvalue weighted by Crippen LogP contribution is 2.28. The Balaban J connectivity index is 2.10. The van der Waals surface area contributed by atoms with Crippen LogP contribution in [-0.2, 0) is 6.61 Å². The summed E-state index contributed by atoms with van der Waals surface area (Å²) in [6.07, 6.45) is 0. The number of nitrogens with zero attached hydrogens (tertiary/aromatic N) is 1. The Morgan fingerprint density at radius 1 is 1.17 bits per heavy atom. The van der Waals surface area contributed by atoms with Crippen molar-refractivity contribution >= 4 is 11.6 Å². The summed E-state index contributed by atoms with van der Waals surface area (Å²) in [7, 11) is 1.62.